The van der Waals surface area contributed by atoms with Crippen LogP contribution in [0.5, 0.6) is 0 Å². The molecule has 3 N–H and O–H groups in total. The molecule has 0 fully saturated rings. The van der Waals surface area contributed by atoms with Crippen LogP contribution in [-0.2, 0) is 0 Å². The number of nitrogens with one attached hydrogen (secondary N) is 1. The van der Waals surface area contributed by atoms with Crippen LogP contribution in [0.1, 0.15) is 0 Å². The Bertz CT molecular complexity index is 78.9. The maximum absolute atomic E-state index is 5.22. The predicted octanol–water partition coefficient (Wildman–Crippen LogP) is -1.00. The van der Waals surface area contributed by atoms with Crippen LogP contribution in [0.4, 0.5) is 0 Å². The number of hydrogen-bond donors (Lipinski definition) is 2. The van der Waals surface area contributed by atoms with E-state index in [4.69, 9.17) is 5.84 Å². The van der Waals surface area contributed by atoms with Crippen LogP contribution in [0, 0.1) is 0 Å². The lowest BCUT2D eigenvalue weighted by molar-refractivity contribution is 0.164. The molecule has 0 amide bonds. The van der Waals surface area contributed by atoms with Gasteiger partial charge in [-0.05, 0) is 0 Å². The largest absolute Gasteiger partial charge is 0.298 e. The van der Waals surface area contributed by atoms with Gasteiger partial charge in [-0.25, -0.2) is 11.0 Å². The molecule has 40 valence electrons. The van der Waals surface area contributed by atoms with Crippen molar-refractivity contribution >= 4 is 0 Å². The predicted molar refractivity (Wildman–Crippen MR) is 26.1 cm³/mol. The van der Waals surface area contributed by atoms with Crippen molar-refractivity contribution in [1.82, 2.24) is 15.7 Å². The van der Waals surface area contributed by atoms with Crippen LogP contribution >= 0.6 is 0 Å². The number of rotatable bonds is 0. The summed E-state index contributed by atoms with van der Waals surface area (Å²) in [7, 11) is 1.86. The van der Waals surface area contributed by atoms with E-state index in [0.717, 1.165) is 0 Å². The summed E-state index contributed by atoms with van der Waals surface area (Å²) in [5.41, 5.74) is 2.75. The fourth-order valence-corrected chi connectivity index (χ4v) is 0.421. The molecule has 1 aliphatic rings. The van der Waals surface area contributed by atoms with Gasteiger partial charge < -0.3 is 0 Å². The van der Waals surface area contributed by atoms with Gasteiger partial charge in [-0.2, -0.15) is 0 Å². The van der Waals surface area contributed by atoms with Crippen molar-refractivity contribution in [3.63, 3.8) is 0 Å². The minimum Gasteiger partial charge on any atom is -0.298 e. The molecule has 0 saturated heterocycles. The molecule has 0 bridgehead atoms. The van der Waals surface area contributed by atoms with Gasteiger partial charge in [-0.15, -0.1) is 5.53 Å². The highest BCUT2D eigenvalue weighted by Crippen LogP contribution is 1.87. The van der Waals surface area contributed by atoms with E-state index < -0.39 is 0 Å². The number of hydrazine groups is 3. The zero-order chi connectivity index (χ0) is 5.28. The van der Waals surface area contributed by atoms with E-state index in [1.807, 2.05) is 13.2 Å². The summed E-state index contributed by atoms with van der Waals surface area (Å²) in [5.74, 6) is 5.22. The summed E-state index contributed by atoms with van der Waals surface area (Å²) in [6, 6.07) is 0. The van der Waals surface area contributed by atoms with E-state index in [2.05, 4.69) is 5.53 Å². The standard InChI is InChI=1S/C3H8N4/c1-6-2-3-7(4)5-6/h2-3,5H,4H2,1H3. The lowest BCUT2D eigenvalue weighted by atomic mass is 10.9. The Morgan fingerprint density at radius 1 is 1.57 bits per heavy atom. The Kier molecular flexibility index (Phi) is 0.883. The summed E-state index contributed by atoms with van der Waals surface area (Å²) >= 11 is 0. The average Bonchev–Trinajstić information content (AvgIpc) is 1.87. The summed E-state index contributed by atoms with van der Waals surface area (Å²) in [6.07, 6.45) is 3.54. The third-order valence-electron chi connectivity index (χ3n) is 0.724. The van der Waals surface area contributed by atoms with Gasteiger partial charge >= 0.3 is 0 Å². The normalized spacial score (nSPS) is 19.1. The SMILES string of the molecule is CN1C=CN(N)N1. The molecule has 7 heavy (non-hydrogen) atoms. The van der Waals surface area contributed by atoms with Gasteiger partial charge in [0.2, 0.25) is 0 Å². The summed E-state index contributed by atoms with van der Waals surface area (Å²) in [6.45, 7) is 0. The monoisotopic (exact) mass is 100 g/mol. The molecule has 0 radical (unpaired) electrons. The highest BCUT2D eigenvalue weighted by Gasteiger charge is 1.98. The van der Waals surface area contributed by atoms with Crippen LogP contribution < -0.4 is 11.4 Å². The molecule has 1 aliphatic heterocycles. The molecular weight excluding hydrogens is 92.1 g/mol. The van der Waals surface area contributed by atoms with Gasteiger partial charge in [0.05, 0.1) is 6.20 Å². The topological polar surface area (TPSA) is 44.5 Å². The lowest BCUT2D eigenvalue weighted by Gasteiger charge is -2.12. The van der Waals surface area contributed by atoms with E-state index in [9.17, 15) is 0 Å². The summed E-state index contributed by atoms with van der Waals surface area (Å²) in [5, 5.41) is 3.12. The van der Waals surface area contributed by atoms with Crippen molar-refractivity contribution in [1.29, 1.82) is 0 Å². The zero-order valence-electron chi connectivity index (χ0n) is 4.13. The molecule has 0 aromatic carbocycles. The Morgan fingerprint density at radius 2 is 2.29 bits per heavy atom. The van der Waals surface area contributed by atoms with E-state index in [0.29, 0.717) is 0 Å². The molecule has 0 aliphatic carbocycles. The van der Waals surface area contributed by atoms with Crippen LogP contribution in [0.15, 0.2) is 12.4 Å². The van der Waals surface area contributed by atoms with Crippen molar-refractivity contribution < 1.29 is 0 Å². The third-order valence-corrected chi connectivity index (χ3v) is 0.724. The highest BCUT2D eigenvalue weighted by atomic mass is 15.8. The maximum Gasteiger partial charge on any atom is 0.0531 e. The number of nitrogens with zero attached hydrogens (tertiary/aromatic N) is 2. The molecule has 4 nitrogen and oxygen atoms in total. The highest BCUT2D eigenvalue weighted by molar-refractivity contribution is 4.80. The van der Waals surface area contributed by atoms with E-state index in [1.54, 1.807) is 11.2 Å². The third kappa shape index (κ3) is 0.819. The van der Waals surface area contributed by atoms with Crippen LogP contribution in [0.25, 0.3) is 0 Å². The molecule has 0 spiro atoms. The van der Waals surface area contributed by atoms with Crippen LogP contribution in [-0.4, -0.2) is 17.2 Å². The fourth-order valence-electron chi connectivity index (χ4n) is 0.421. The van der Waals surface area contributed by atoms with Crippen LogP contribution in [0.2, 0.25) is 0 Å². The Morgan fingerprint density at radius 3 is 2.43 bits per heavy atom. The first-order valence-corrected chi connectivity index (χ1v) is 2.00. The fraction of sp³-hybridized carbons (Fsp3) is 0.333. The second kappa shape index (κ2) is 1.40. The van der Waals surface area contributed by atoms with Gasteiger partial charge in [-0.1, -0.05) is 0 Å². The van der Waals surface area contributed by atoms with Crippen molar-refractivity contribution in [2.75, 3.05) is 7.05 Å². The molecule has 0 aromatic rings. The van der Waals surface area contributed by atoms with Crippen molar-refractivity contribution in [3.05, 3.63) is 12.4 Å². The lowest BCUT2D eigenvalue weighted by Crippen LogP contribution is -2.41. The van der Waals surface area contributed by atoms with Crippen molar-refractivity contribution in [2.45, 2.75) is 0 Å². The minimum absolute atomic E-state index is 1.38. The molecule has 0 aromatic heterocycles. The van der Waals surface area contributed by atoms with E-state index in [-0.39, 0.29) is 0 Å². The van der Waals surface area contributed by atoms with Gasteiger partial charge in [0, 0.05) is 13.2 Å². The van der Waals surface area contributed by atoms with Crippen molar-refractivity contribution in [2.24, 2.45) is 5.84 Å². The zero-order valence-corrected chi connectivity index (χ0v) is 4.13. The van der Waals surface area contributed by atoms with Crippen molar-refractivity contribution in [3.8, 4) is 0 Å². The molecule has 0 atom stereocenters. The molecule has 4 heteroatoms. The molecule has 0 unspecified atom stereocenters. The molecular formula is C3H8N4. The first-order chi connectivity index (χ1) is 3.29. The van der Waals surface area contributed by atoms with E-state index in [1.165, 1.54) is 5.12 Å². The second-order valence-electron chi connectivity index (χ2n) is 1.42. The van der Waals surface area contributed by atoms with Gasteiger partial charge in [-0.3, -0.25) is 5.01 Å². The molecule has 1 heterocycles. The maximum atomic E-state index is 5.22. The van der Waals surface area contributed by atoms with Gasteiger partial charge in [0.15, 0.2) is 0 Å². The Labute approximate surface area is 42.1 Å². The summed E-state index contributed by atoms with van der Waals surface area (Å²) in [4.78, 5) is 0. The first-order valence-electron chi connectivity index (χ1n) is 2.00. The van der Waals surface area contributed by atoms with Gasteiger partial charge in [0.25, 0.3) is 0 Å². The summed E-state index contributed by atoms with van der Waals surface area (Å²) < 4.78 is 0. The Balaban J connectivity index is 2.42. The number of hydrogen-bond acceptors (Lipinski definition) is 4. The molecule has 1 rings (SSSR count). The quantitative estimate of drug-likeness (QED) is 0.383. The van der Waals surface area contributed by atoms with Crippen LogP contribution in [0.3, 0.4) is 0 Å². The smallest absolute Gasteiger partial charge is 0.0531 e. The Hall–Kier alpha value is -0.740. The van der Waals surface area contributed by atoms with E-state index >= 15 is 0 Å². The average molecular weight is 100 g/mol. The molecule has 0 saturated carbocycles. The first kappa shape index (κ1) is 4.42. The number of nitrogens with two attached hydrogens (primary N) is 1. The minimum atomic E-state index is 1.38. The second-order valence-corrected chi connectivity index (χ2v) is 1.42. The van der Waals surface area contributed by atoms with Gasteiger partial charge in [0.1, 0.15) is 0 Å².